The Labute approximate surface area is 286 Å². The molecular formula is C36H36N4O10. The van der Waals surface area contributed by atoms with Crippen LogP contribution >= 0.6 is 0 Å². The number of fused-ring (bicyclic) bond motifs is 4. The number of aliphatic hydroxyl groups is 2. The predicted octanol–water partition coefficient (Wildman–Crippen LogP) is 2.12. The van der Waals surface area contributed by atoms with Crippen LogP contribution in [0, 0.1) is 0 Å². The third-order valence-electron chi connectivity index (χ3n) is 8.03. The maximum absolute atomic E-state index is 13.4. The molecule has 0 atom stereocenters. The lowest BCUT2D eigenvalue weighted by molar-refractivity contribution is 0.0947. The third-order valence-corrected chi connectivity index (χ3v) is 8.03. The number of Topliss-reactive ketones (excluding diaryl/α,β-unsaturated/α-hetero) is 1. The monoisotopic (exact) mass is 684 g/mol. The van der Waals surface area contributed by atoms with E-state index in [4.69, 9.17) is 14.6 Å². The second-order valence-electron chi connectivity index (χ2n) is 11.3. The van der Waals surface area contributed by atoms with E-state index in [2.05, 4.69) is 21.3 Å². The van der Waals surface area contributed by atoms with Gasteiger partial charge in [0.2, 0.25) is 17.3 Å². The van der Waals surface area contributed by atoms with Crippen LogP contribution in [0.3, 0.4) is 0 Å². The molecule has 8 N–H and O–H groups in total. The summed E-state index contributed by atoms with van der Waals surface area (Å²) >= 11 is 0. The Morgan fingerprint density at radius 3 is 1.54 bits per heavy atom. The minimum Gasteiger partial charge on any atom is -0.507 e. The van der Waals surface area contributed by atoms with Gasteiger partial charge < -0.3 is 46.1 Å². The van der Waals surface area contributed by atoms with Crippen LogP contribution < -0.4 is 21.3 Å². The predicted molar refractivity (Wildman–Crippen MR) is 182 cm³/mol. The number of benzene rings is 3. The van der Waals surface area contributed by atoms with Gasteiger partial charge in [0.1, 0.15) is 11.5 Å². The molecule has 2 aliphatic rings. The second-order valence-corrected chi connectivity index (χ2v) is 11.3. The van der Waals surface area contributed by atoms with Crippen LogP contribution in [0.5, 0.6) is 11.5 Å². The molecule has 0 unspecified atom stereocenters. The van der Waals surface area contributed by atoms with E-state index in [1.54, 1.807) is 36.4 Å². The number of aromatic hydroxyl groups is 2. The van der Waals surface area contributed by atoms with Crippen molar-refractivity contribution in [3.05, 3.63) is 105 Å². The zero-order valence-corrected chi connectivity index (χ0v) is 27.1. The molecule has 0 spiro atoms. The Morgan fingerprint density at radius 1 is 0.600 bits per heavy atom. The number of nitrogens with one attached hydrogen (secondary N) is 4. The fraction of sp³-hybridized carbons (Fsp3) is 0.250. The topological polar surface area (TPSA) is 228 Å². The van der Waals surface area contributed by atoms with Gasteiger partial charge in [0.15, 0.2) is 23.1 Å². The molecule has 0 aliphatic heterocycles. The van der Waals surface area contributed by atoms with Crippen molar-refractivity contribution in [1.29, 1.82) is 0 Å². The second kappa shape index (κ2) is 15.7. The van der Waals surface area contributed by atoms with Crippen molar-refractivity contribution in [2.75, 3.05) is 63.1 Å². The number of anilines is 2. The first-order valence-electron chi connectivity index (χ1n) is 15.9. The van der Waals surface area contributed by atoms with Gasteiger partial charge in [-0.15, -0.1) is 0 Å². The molecule has 0 bridgehead atoms. The zero-order chi connectivity index (χ0) is 35.9. The number of carbonyl (C=O) groups is 5. The first kappa shape index (κ1) is 35.6. The number of phenols is 2. The minimum atomic E-state index is -0.559. The Hall–Kier alpha value is -5.67. The van der Waals surface area contributed by atoms with E-state index in [0.717, 1.165) is 0 Å². The van der Waals surface area contributed by atoms with Crippen LogP contribution in [0.15, 0.2) is 59.0 Å². The number of carbonyl (C=O) groups excluding carboxylic acids is 5. The number of aliphatic hydroxyl groups excluding tert-OH is 2. The van der Waals surface area contributed by atoms with Crippen LogP contribution in [0.2, 0.25) is 0 Å². The average Bonchev–Trinajstić information content (AvgIpc) is 3.58. The summed E-state index contributed by atoms with van der Waals surface area (Å²) < 4.78 is 5.19. The highest BCUT2D eigenvalue weighted by Crippen LogP contribution is 2.42. The van der Waals surface area contributed by atoms with E-state index in [9.17, 15) is 34.2 Å². The van der Waals surface area contributed by atoms with Crippen molar-refractivity contribution in [3.8, 4) is 11.5 Å². The quantitative estimate of drug-likeness (QED) is 0.0495. The summed E-state index contributed by atoms with van der Waals surface area (Å²) in [6.45, 7) is 4.13. The number of furan rings is 1. The van der Waals surface area contributed by atoms with E-state index in [1.807, 2.05) is 0 Å². The van der Waals surface area contributed by atoms with Gasteiger partial charge in [0.25, 0.3) is 0 Å². The summed E-state index contributed by atoms with van der Waals surface area (Å²) in [6, 6.07) is 13.6. The number of hydrogen-bond donors (Lipinski definition) is 8. The van der Waals surface area contributed by atoms with Gasteiger partial charge in [-0.2, -0.15) is 0 Å². The smallest absolute Gasteiger partial charge is 0.229 e. The highest BCUT2D eigenvalue weighted by atomic mass is 16.4. The molecule has 0 saturated carbocycles. The maximum Gasteiger partial charge on any atom is 0.229 e. The van der Waals surface area contributed by atoms with E-state index in [-0.39, 0.29) is 81.4 Å². The first-order chi connectivity index (χ1) is 24.1. The van der Waals surface area contributed by atoms with Gasteiger partial charge in [-0.3, -0.25) is 24.0 Å². The van der Waals surface area contributed by atoms with Crippen molar-refractivity contribution in [1.82, 2.24) is 10.6 Å². The summed E-state index contributed by atoms with van der Waals surface area (Å²) in [5.41, 5.74) is 1.52. The molecule has 0 amide bonds. The molecule has 3 aromatic carbocycles. The number of ketones is 5. The molecule has 0 fully saturated rings. The third kappa shape index (κ3) is 7.04. The fourth-order valence-corrected chi connectivity index (χ4v) is 5.69. The normalized spacial score (nSPS) is 12.7. The van der Waals surface area contributed by atoms with Crippen LogP contribution in [-0.2, 0) is 0 Å². The van der Waals surface area contributed by atoms with E-state index in [1.165, 1.54) is 25.1 Å². The fourth-order valence-electron chi connectivity index (χ4n) is 5.69. The molecule has 6 rings (SSSR count). The molecule has 50 heavy (non-hydrogen) atoms. The molecular weight excluding hydrogens is 648 g/mol. The van der Waals surface area contributed by atoms with Gasteiger partial charge in [-0.05, 0) is 30.3 Å². The van der Waals surface area contributed by atoms with Gasteiger partial charge in [0, 0.05) is 68.7 Å². The molecule has 14 heteroatoms. The van der Waals surface area contributed by atoms with E-state index in [0.29, 0.717) is 61.8 Å². The molecule has 4 aromatic rings. The van der Waals surface area contributed by atoms with Crippen molar-refractivity contribution >= 4 is 40.3 Å². The van der Waals surface area contributed by atoms with Crippen LogP contribution in [0.4, 0.5) is 11.4 Å². The van der Waals surface area contributed by atoms with Gasteiger partial charge >= 0.3 is 0 Å². The number of rotatable bonds is 13. The molecule has 1 heterocycles. The van der Waals surface area contributed by atoms with Gasteiger partial charge in [-0.25, -0.2) is 0 Å². The van der Waals surface area contributed by atoms with Crippen molar-refractivity contribution < 1.29 is 48.8 Å². The summed E-state index contributed by atoms with van der Waals surface area (Å²) in [4.78, 5) is 62.3. The van der Waals surface area contributed by atoms with Crippen molar-refractivity contribution in [3.63, 3.8) is 0 Å². The lowest BCUT2D eigenvalue weighted by Crippen LogP contribution is -2.28. The minimum absolute atomic E-state index is 0.00939. The Balaban J connectivity index is 0.000000226. The Morgan fingerprint density at radius 2 is 1.08 bits per heavy atom. The average molecular weight is 685 g/mol. The van der Waals surface area contributed by atoms with Gasteiger partial charge in [-0.1, -0.05) is 24.3 Å². The van der Waals surface area contributed by atoms with Crippen LogP contribution in [0.1, 0.15) is 81.4 Å². The number of phenolic OH excluding ortho intramolecular Hbond substituents is 2. The molecule has 260 valence electrons. The largest absolute Gasteiger partial charge is 0.507 e. The summed E-state index contributed by atoms with van der Waals surface area (Å²) in [6.07, 6.45) is 0. The molecule has 0 saturated heterocycles. The lowest BCUT2D eigenvalue weighted by Gasteiger charge is -2.25. The first-order valence-corrected chi connectivity index (χ1v) is 15.9. The Kier molecular flexibility index (Phi) is 11.2. The maximum atomic E-state index is 13.4. The Bertz CT molecular complexity index is 1850. The standard InChI is InChI=1S/C22H28N4O6.C14H8O4/c27-11-9-23-5-7-25-13-1-2-14(26-8-6-24-10-12-28)18-17(13)21(31)19-15(29)3-4-16(30)20(19)22(18)32;1-7(15)11-6-10-12(16)8-4-2-3-5-9(8)13(17)14(10)18-11/h1-4,23-30H,5-12H2;2-6H,1H3. The van der Waals surface area contributed by atoms with Crippen molar-refractivity contribution in [2.24, 2.45) is 0 Å². The van der Waals surface area contributed by atoms with Gasteiger partial charge in [0.05, 0.1) is 41.0 Å². The highest BCUT2D eigenvalue weighted by Gasteiger charge is 2.38. The molecule has 14 nitrogen and oxygen atoms in total. The summed E-state index contributed by atoms with van der Waals surface area (Å²) in [5, 5.41) is 50.6. The summed E-state index contributed by atoms with van der Waals surface area (Å²) in [5.74, 6) is -2.81. The molecule has 1 aromatic heterocycles. The SMILES string of the molecule is CC(=O)c1cc2c(o1)C(=O)c1ccccc1C2=O.O=C1c2c(O)ccc(O)c2C(=O)c2c(NCCNCCO)ccc(NCCNCCO)c21. The summed E-state index contributed by atoms with van der Waals surface area (Å²) in [7, 11) is 0. The van der Waals surface area contributed by atoms with Crippen LogP contribution in [0.25, 0.3) is 0 Å². The number of hydrogen-bond acceptors (Lipinski definition) is 14. The molecule has 2 aliphatic carbocycles. The lowest BCUT2D eigenvalue weighted by atomic mass is 9.81. The highest BCUT2D eigenvalue weighted by molar-refractivity contribution is 6.33. The van der Waals surface area contributed by atoms with Crippen LogP contribution in [-0.4, -0.2) is 102 Å². The van der Waals surface area contributed by atoms with E-state index < -0.39 is 11.6 Å². The molecule has 0 radical (unpaired) electrons. The zero-order valence-electron chi connectivity index (χ0n) is 27.1. The van der Waals surface area contributed by atoms with Crippen molar-refractivity contribution in [2.45, 2.75) is 6.92 Å². The van der Waals surface area contributed by atoms with E-state index >= 15 is 0 Å².